The predicted octanol–water partition coefficient (Wildman–Crippen LogP) is 3.82. The van der Waals surface area contributed by atoms with Crippen LogP contribution >= 0.6 is 0 Å². The molecule has 0 radical (unpaired) electrons. The summed E-state index contributed by atoms with van der Waals surface area (Å²) in [5, 5.41) is 0. The summed E-state index contributed by atoms with van der Waals surface area (Å²) in [5.74, 6) is 0. The van der Waals surface area contributed by atoms with Crippen molar-refractivity contribution in [1.82, 2.24) is 0 Å². The van der Waals surface area contributed by atoms with Crippen molar-refractivity contribution < 1.29 is 42.8 Å². The molecule has 2 unspecified atom stereocenters. The average Bonchev–Trinajstić information content (AvgIpc) is 2.39. The molecule has 0 saturated heterocycles. The van der Waals surface area contributed by atoms with E-state index in [1.807, 2.05) is 0 Å². The van der Waals surface area contributed by atoms with Crippen LogP contribution in [0.1, 0.15) is 55.4 Å². The van der Waals surface area contributed by atoms with Gasteiger partial charge in [-0.3, -0.25) is 0 Å². The molecule has 0 saturated carbocycles. The van der Waals surface area contributed by atoms with E-state index < -0.39 is 41.9 Å². The van der Waals surface area contributed by atoms with Gasteiger partial charge in [-0.15, -0.1) is 0 Å². The highest BCUT2D eigenvalue weighted by molar-refractivity contribution is 5.62. The molecular formula is C17H30O9. The Morgan fingerprint density at radius 1 is 0.654 bits per heavy atom. The molecule has 26 heavy (non-hydrogen) atoms. The van der Waals surface area contributed by atoms with Crippen molar-refractivity contribution in [2.45, 2.75) is 78.8 Å². The van der Waals surface area contributed by atoms with Gasteiger partial charge >= 0.3 is 18.5 Å². The van der Waals surface area contributed by atoms with Gasteiger partial charge in [-0.25, -0.2) is 14.4 Å². The fourth-order valence-electron chi connectivity index (χ4n) is 1.35. The quantitative estimate of drug-likeness (QED) is 0.503. The number of ether oxygens (including phenoxy) is 6. The van der Waals surface area contributed by atoms with Gasteiger partial charge in [-0.05, 0) is 55.4 Å². The number of hydrogen-bond donors (Lipinski definition) is 0. The summed E-state index contributed by atoms with van der Waals surface area (Å²) in [6, 6.07) is 0. The summed E-state index contributed by atoms with van der Waals surface area (Å²) in [6.07, 6.45) is -4.16. The first-order valence-corrected chi connectivity index (χ1v) is 8.27. The minimum absolute atomic E-state index is 0.187. The molecule has 0 fully saturated rings. The van der Waals surface area contributed by atoms with Crippen molar-refractivity contribution >= 4 is 18.5 Å². The molecule has 0 aromatic carbocycles. The van der Waals surface area contributed by atoms with E-state index in [1.165, 1.54) is 13.8 Å². The Balaban J connectivity index is 4.03. The van der Waals surface area contributed by atoms with Gasteiger partial charge in [-0.1, -0.05) is 0 Å². The molecule has 0 rings (SSSR count). The number of carbonyl (C=O) groups excluding carboxylic acids is 3. The molecule has 0 bridgehead atoms. The molecule has 0 aromatic heterocycles. The van der Waals surface area contributed by atoms with Crippen molar-refractivity contribution in [1.29, 1.82) is 0 Å². The second-order valence-electron chi connectivity index (χ2n) is 7.66. The predicted molar refractivity (Wildman–Crippen MR) is 90.9 cm³/mol. The number of rotatable bonds is 6. The van der Waals surface area contributed by atoms with Gasteiger partial charge in [0.25, 0.3) is 0 Å². The van der Waals surface area contributed by atoms with Crippen LogP contribution in [-0.4, -0.2) is 55.1 Å². The summed E-state index contributed by atoms with van der Waals surface area (Å²) >= 11 is 0. The molecule has 0 aliphatic carbocycles. The van der Waals surface area contributed by atoms with Crippen LogP contribution in [-0.2, 0) is 28.4 Å². The van der Waals surface area contributed by atoms with E-state index in [0.29, 0.717) is 0 Å². The lowest BCUT2D eigenvalue weighted by atomic mass is 10.2. The van der Waals surface area contributed by atoms with Crippen LogP contribution in [0, 0.1) is 0 Å². The standard InChI is InChI=1S/C17H30O9/c1-11(10-22-14(19)25-16(3,4)5)23-13(18)21-9-12(2)24-15(20)26-17(6,7)8/h11-12H,9-10H2,1-8H3. The topological polar surface area (TPSA) is 107 Å². The van der Waals surface area contributed by atoms with E-state index in [1.54, 1.807) is 41.5 Å². The van der Waals surface area contributed by atoms with Crippen molar-refractivity contribution in [3.63, 3.8) is 0 Å². The Morgan fingerprint density at radius 2 is 1.00 bits per heavy atom. The molecule has 152 valence electrons. The molecule has 0 spiro atoms. The highest BCUT2D eigenvalue weighted by Crippen LogP contribution is 2.10. The van der Waals surface area contributed by atoms with Crippen LogP contribution in [0.2, 0.25) is 0 Å². The van der Waals surface area contributed by atoms with Crippen LogP contribution in [0.5, 0.6) is 0 Å². The Morgan fingerprint density at radius 3 is 1.42 bits per heavy atom. The van der Waals surface area contributed by atoms with Gasteiger partial charge in [0, 0.05) is 0 Å². The Labute approximate surface area is 154 Å². The Hall–Kier alpha value is -2.19. The van der Waals surface area contributed by atoms with Crippen LogP contribution in [0.25, 0.3) is 0 Å². The molecule has 0 heterocycles. The second kappa shape index (κ2) is 10.1. The normalized spacial score (nSPS) is 13.8. The molecule has 0 amide bonds. The summed E-state index contributed by atoms with van der Waals surface area (Å²) in [7, 11) is 0. The molecular weight excluding hydrogens is 348 g/mol. The third kappa shape index (κ3) is 14.2. The van der Waals surface area contributed by atoms with E-state index in [9.17, 15) is 14.4 Å². The molecule has 0 N–H and O–H groups in total. The third-order valence-corrected chi connectivity index (χ3v) is 2.25. The van der Waals surface area contributed by atoms with E-state index >= 15 is 0 Å². The van der Waals surface area contributed by atoms with Gasteiger partial charge in [0.05, 0.1) is 0 Å². The van der Waals surface area contributed by atoms with Gasteiger partial charge in [0.15, 0.2) is 0 Å². The van der Waals surface area contributed by atoms with E-state index in [0.717, 1.165) is 0 Å². The largest absolute Gasteiger partial charge is 0.509 e. The third-order valence-electron chi connectivity index (χ3n) is 2.25. The van der Waals surface area contributed by atoms with Crippen LogP contribution in [0.4, 0.5) is 14.4 Å². The molecule has 9 nitrogen and oxygen atoms in total. The minimum atomic E-state index is -0.982. The Bertz CT molecular complexity index is 474. The van der Waals surface area contributed by atoms with Crippen LogP contribution in [0.15, 0.2) is 0 Å². The average molecular weight is 378 g/mol. The fraction of sp³-hybridized carbons (Fsp3) is 0.824. The fourth-order valence-corrected chi connectivity index (χ4v) is 1.35. The molecule has 9 heteroatoms. The van der Waals surface area contributed by atoms with Gasteiger partial charge in [0.1, 0.15) is 36.6 Å². The smallest absolute Gasteiger partial charge is 0.430 e. The summed E-state index contributed by atoms with van der Waals surface area (Å²) < 4.78 is 29.4. The van der Waals surface area contributed by atoms with Gasteiger partial charge in [0.2, 0.25) is 0 Å². The Kier molecular flexibility index (Phi) is 9.23. The molecule has 0 aliphatic rings. The summed E-state index contributed by atoms with van der Waals surface area (Å²) in [4.78, 5) is 34.4. The zero-order chi connectivity index (χ0) is 20.5. The maximum atomic E-state index is 11.6. The highest BCUT2D eigenvalue weighted by atomic mass is 16.8. The molecule has 2 atom stereocenters. The number of hydrogen-bond acceptors (Lipinski definition) is 9. The maximum Gasteiger partial charge on any atom is 0.509 e. The number of carbonyl (C=O) groups is 3. The first-order valence-electron chi connectivity index (χ1n) is 8.27. The highest BCUT2D eigenvalue weighted by Gasteiger charge is 2.22. The van der Waals surface area contributed by atoms with Crippen molar-refractivity contribution in [3.8, 4) is 0 Å². The lowest BCUT2D eigenvalue weighted by Gasteiger charge is -2.21. The monoisotopic (exact) mass is 378 g/mol. The summed E-state index contributed by atoms with van der Waals surface area (Å²) in [6.45, 7) is 12.9. The minimum Gasteiger partial charge on any atom is -0.430 e. The lowest BCUT2D eigenvalue weighted by Crippen LogP contribution is -2.30. The van der Waals surface area contributed by atoms with E-state index in [-0.39, 0.29) is 13.2 Å². The maximum absolute atomic E-state index is 11.6. The van der Waals surface area contributed by atoms with E-state index in [2.05, 4.69) is 0 Å². The van der Waals surface area contributed by atoms with E-state index in [4.69, 9.17) is 28.4 Å². The van der Waals surface area contributed by atoms with Gasteiger partial charge < -0.3 is 28.4 Å². The zero-order valence-electron chi connectivity index (χ0n) is 16.7. The first-order chi connectivity index (χ1) is 11.7. The second-order valence-corrected chi connectivity index (χ2v) is 7.66. The van der Waals surface area contributed by atoms with Crippen LogP contribution in [0.3, 0.4) is 0 Å². The van der Waals surface area contributed by atoms with Crippen LogP contribution < -0.4 is 0 Å². The van der Waals surface area contributed by atoms with Crippen molar-refractivity contribution in [2.24, 2.45) is 0 Å². The lowest BCUT2D eigenvalue weighted by molar-refractivity contribution is -0.0520. The first kappa shape index (κ1) is 23.8. The zero-order valence-corrected chi connectivity index (χ0v) is 16.7. The van der Waals surface area contributed by atoms with Crippen molar-refractivity contribution in [2.75, 3.05) is 13.2 Å². The molecule has 0 aromatic rings. The SMILES string of the molecule is CC(COC(=O)OC(C)(C)C)OC(=O)OCC(C)OC(=O)OC(C)(C)C. The summed E-state index contributed by atoms with van der Waals surface area (Å²) in [5.41, 5.74) is -1.36. The van der Waals surface area contributed by atoms with Gasteiger partial charge in [-0.2, -0.15) is 0 Å². The van der Waals surface area contributed by atoms with Crippen molar-refractivity contribution in [3.05, 3.63) is 0 Å². The molecule has 0 aliphatic heterocycles.